The van der Waals surface area contributed by atoms with Gasteiger partial charge in [-0.05, 0) is 30.3 Å². The van der Waals surface area contributed by atoms with Crippen LogP contribution in [0.5, 0.6) is 0 Å². The summed E-state index contributed by atoms with van der Waals surface area (Å²) in [5.41, 5.74) is 0.819. The molecule has 1 saturated heterocycles. The zero-order chi connectivity index (χ0) is 22.9. The van der Waals surface area contributed by atoms with Crippen LogP contribution in [0.3, 0.4) is 0 Å². The molecule has 1 aromatic heterocycles. The summed E-state index contributed by atoms with van der Waals surface area (Å²) in [7, 11) is 0. The smallest absolute Gasteiger partial charge is 0.335 e. The number of rotatable bonds is 3. The normalized spacial score (nSPS) is 14.5. The lowest BCUT2D eigenvalue weighted by atomic mass is 10.1. The summed E-state index contributed by atoms with van der Waals surface area (Å²) in [5, 5.41) is 7.39. The lowest BCUT2D eigenvalue weighted by Crippen LogP contribution is -2.50. The van der Waals surface area contributed by atoms with Crippen LogP contribution < -0.4 is 0 Å². The molecule has 0 spiro atoms. The van der Waals surface area contributed by atoms with E-state index in [0.717, 1.165) is 17.7 Å². The Morgan fingerprint density at radius 1 is 0.938 bits per heavy atom. The minimum absolute atomic E-state index is 0.0283. The Kier molecular flexibility index (Phi) is 5.92. The van der Waals surface area contributed by atoms with Crippen molar-refractivity contribution in [2.24, 2.45) is 0 Å². The second kappa shape index (κ2) is 8.66. The summed E-state index contributed by atoms with van der Waals surface area (Å²) < 4.78 is 38.8. The summed E-state index contributed by atoms with van der Waals surface area (Å²) in [6, 6.07) is 11.3. The van der Waals surface area contributed by atoms with Crippen LogP contribution in [0.25, 0.3) is 11.3 Å². The van der Waals surface area contributed by atoms with Crippen molar-refractivity contribution in [2.45, 2.75) is 6.18 Å². The molecule has 1 aliphatic rings. The topological polar surface area (TPSA) is 69.3 Å². The van der Waals surface area contributed by atoms with Gasteiger partial charge in [0.05, 0.1) is 23.0 Å². The predicted molar refractivity (Wildman–Crippen MR) is 112 cm³/mol. The molecule has 0 saturated carbocycles. The molecule has 32 heavy (non-hydrogen) atoms. The van der Waals surface area contributed by atoms with Crippen molar-refractivity contribution in [1.82, 2.24) is 20.0 Å². The molecule has 4 rings (SSSR count). The zero-order valence-corrected chi connectivity index (χ0v) is 17.5. The third-order valence-electron chi connectivity index (χ3n) is 5.29. The van der Waals surface area contributed by atoms with E-state index in [0.29, 0.717) is 16.3 Å². The monoisotopic (exact) mass is 462 g/mol. The maximum atomic E-state index is 13.0. The first-order valence-electron chi connectivity index (χ1n) is 9.79. The number of carbonyl (C=O) groups is 2. The molecule has 10 heteroatoms. The van der Waals surface area contributed by atoms with E-state index in [9.17, 15) is 22.8 Å². The summed E-state index contributed by atoms with van der Waals surface area (Å²) in [6.07, 6.45) is -3.07. The number of nitrogens with zero attached hydrogens (tertiary/aromatic N) is 3. The van der Waals surface area contributed by atoms with Gasteiger partial charge < -0.3 is 9.80 Å². The lowest BCUT2D eigenvalue weighted by molar-refractivity contribution is -0.137. The Labute approximate surface area is 186 Å². The highest BCUT2D eigenvalue weighted by atomic mass is 35.5. The van der Waals surface area contributed by atoms with Crippen molar-refractivity contribution in [3.63, 3.8) is 0 Å². The fourth-order valence-electron chi connectivity index (χ4n) is 3.58. The molecule has 166 valence electrons. The van der Waals surface area contributed by atoms with Gasteiger partial charge in [-0.15, -0.1) is 0 Å². The fraction of sp³-hybridized carbons (Fsp3) is 0.227. The maximum absolute atomic E-state index is 13.0. The lowest BCUT2D eigenvalue weighted by Gasteiger charge is -2.34. The van der Waals surface area contributed by atoms with Crippen LogP contribution in [-0.4, -0.2) is 58.0 Å². The summed E-state index contributed by atoms with van der Waals surface area (Å²) in [4.78, 5) is 28.8. The van der Waals surface area contributed by atoms with Gasteiger partial charge in [0.25, 0.3) is 11.8 Å². The van der Waals surface area contributed by atoms with Gasteiger partial charge in [-0.25, -0.2) is 0 Å². The minimum Gasteiger partial charge on any atom is -0.335 e. The van der Waals surface area contributed by atoms with Crippen molar-refractivity contribution < 1.29 is 22.8 Å². The summed E-state index contributed by atoms with van der Waals surface area (Å²) in [6.45, 7) is 0.952. The molecular weight excluding hydrogens is 445 g/mol. The molecule has 2 amide bonds. The molecule has 0 unspecified atom stereocenters. The number of amides is 2. The van der Waals surface area contributed by atoms with E-state index in [1.165, 1.54) is 23.2 Å². The maximum Gasteiger partial charge on any atom is 0.416 e. The molecule has 0 aliphatic carbocycles. The first-order valence-corrected chi connectivity index (χ1v) is 10.2. The summed E-state index contributed by atoms with van der Waals surface area (Å²) in [5.74, 6) is -0.733. The largest absolute Gasteiger partial charge is 0.416 e. The Morgan fingerprint density at radius 2 is 1.56 bits per heavy atom. The molecule has 0 bridgehead atoms. The molecule has 2 heterocycles. The third-order valence-corrected chi connectivity index (χ3v) is 5.55. The number of nitrogens with one attached hydrogen (secondary N) is 1. The van der Waals surface area contributed by atoms with Crippen molar-refractivity contribution in [2.75, 3.05) is 26.2 Å². The van der Waals surface area contributed by atoms with Crippen LogP contribution in [0.15, 0.2) is 54.7 Å². The van der Waals surface area contributed by atoms with E-state index in [1.807, 2.05) is 0 Å². The van der Waals surface area contributed by atoms with Gasteiger partial charge in [-0.1, -0.05) is 29.8 Å². The van der Waals surface area contributed by atoms with Crippen LogP contribution >= 0.6 is 11.6 Å². The predicted octanol–water partition coefficient (Wildman–Crippen LogP) is 4.35. The van der Waals surface area contributed by atoms with Gasteiger partial charge in [-0.3, -0.25) is 14.7 Å². The van der Waals surface area contributed by atoms with E-state index in [4.69, 9.17) is 11.6 Å². The highest BCUT2D eigenvalue weighted by Gasteiger charge is 2.32. The number of hydrogen-bond acceptors (Lipinski definition) is 3. The van der Waals surface area contributed by atoms with Gasteiger partial charge in [0.15, 0.2) is 0 Å². The Bertz CT molecular complexity index is 1140. The van der Waals surface area contributed by atoms with Gasteiger partial charge in [0, 0.05) is 42.3 Å². The van der Waals surface area contributed by atoms with E-state index < -0.39 is 17.6 Å². The van der Waals surface area contributed by atoms with Gasteiger partial charge in [-0.2, -0.15) is 18.3 Å². The van der Waals surface area contributed by atoms with Crippen LogP contribution in [0.4, 0.5) is 13.2 Å². The highest BCUT2D eigenvalue weighted by Crippen LogP contribution is 2.30. The van der Waals surface area contributed by atoms with Gasteiger partial charge in [0.1, 0.15) is 0 Å². The van der Waals surface area contributed by atoms with E-state index in [2.05, 4.69) is 10.2 Å². The highest BCUT2D eigenvalue weighted by molar-refractivity contribution is 6.30. The number of benzene rings is 2. The number of alkyl halides is 3. The Morgan fingerprint density at radius 3 is 2.19 bits per heavy atom. The first kappa shape index (κ1) is 21.9. The van der Waals surface area contributed by atoms with Gasteiger partial charge >= 0.3 is 6.18 Å². The number of aromatic nitrogens is 2. The van der Waals surface area contributed by atoms with E-state index >= 15 is 0 Å². The number of halogens is 4. The number of carbonyl (C=O) groups excluding carboxylic acids is 2. The quantitative estimate of drug-likeness (QED) is 0.629. The average molecular weight is 463 g/mol. The first-order chi connectivity index (χ1) is 15.2. The SMILES string of the molecule is O=C(c1cccc(C(F)(F)F)c1)N1CCN(C(=O)c2cn[nH]c2-c2ccc(Cl)cc2)CC1. The number of hydrogen-bond donors (Lipinski definition) is 1. The number of piperazine rings is 1. The second-order valence-electron chi connectivity index (χ2n) is 7.33. The molecule has 1 fully saturated rings. The second-order valence-corrected chi connectivity index (χ2v) is 7.76. The standard InChI is InChI=1S/C22H18ClF3N4O2/c23-17-6-4-14(5-7-17)19-18(13-27-28-19)21(32)30-10-8-29(9-11-30)20(31)15-2-1-3-16(12-15)22(24,25)26/h1-7,12-13H,8-11H2,(H,27,28). The van der Waals surface area contributed by atoms with Gasteiger partial charge in [0.2, 0.25) is 0 Å². The van der Waals surface area contributed by atoms with Crippen molar-refractivity contribution in [3.05, 3.63) is 76.4 Å². The van der Waals surface area contributed by atoms with Crippen LogP contribution in [0, 0.1) is 0 Å². The zero-order valence-electron chi connectivity index (χ0n) is 16.7. The van der Waals surface area contributed by atoms with E-state index in [-0.39, 0.29) is 37.6 Å². The molecule has 0 radical (unpaired) electrons. The van der Waals surface area contributed by atoms with Crippen LogP contribution in [0.1, 0.15) is 26.3 Å². The number of H-pyrrole nitrogens is 1. The van der Waals surface area contributed by atoms with Crippen molar-refractivity contribution in [1.29, 1.82) is 0 Å². The molecule has 1 aliphatic heterocycles. The molecule has 6 nitrogen and oxygen atoms in total. The Hall–Kier alpha value is -3.33. The molecule has 0 atom stereocenters. The van der Waals surface area contributed by atoms with Crippen molar-refractivity contribution in [3.8, 4) is 11.3 Å². The molecule has 1 N–H and O–H groups in total. The molecule has 2 aromatic carbocycles. The molecular formula is C22H18ClF3N4O2. The fourth-order valence-corrected chi connectivity index (χ4v) is 3.70. The summed E-state index contributed by atoms with van der Waals surface area (Å²) >= 11 is 5.92. The van der Waals surface area contributed by atoms with Crippen molar-refractivity contribution >= 4 is 23.4 Å². The third kappa shape index (κ3) is 4.47. The van der Waals surface area contributed by atoms with E-state index in [1.54, 1.807) is 29.2 Å². The average Bonchev–Trinajstić information content (AvgIpc) is 3.28. The number of aromatic amines is 1. The minimum atomic E-state index is -4.52. The molecule has 3 aromatic rings. The van der Waals surface area contributed by atoms with Crippen LogP contribution in [-0.2, 0) is 6.18 Å². The Balaban J connectivity index is 1.44. The van der Waals surface area contributed by atoms with Crippen LogP contribution in [0.2, 0.25) is 5.02 Å².